The number of carbonyl (C=O) groups is 1. The van der Waals surface area contributed by atoms with Crippen molar-refractivity contribution >= 4 is 17.4 Å². The third-order valence-electron chi connectivity index (χ3n) is 3.01. The van der Waals surface area contributed by atoms with Gasteiger partial charge in [0.1, 0.15) is 0 Å². The highest BCUT2D eigenvalue weighted by Gasteiger charge is 2.15. The van der Waals surface area contributed by atoms with Crippen LogP contribution in [0.4, 0.5) is 16.2 Å². The van der Waals surface area contributed by atoms with Crippen LogP contribution in [0.5, 0.6) is 0 Å². The van der Waals surface area contributed by atoms with Gasteiger partial charge in [0.05, 0.1) is 0 Å². The number of carbonyl (C=O) groups excluding carboxylic acids is 1. The summed E-state index contributed by atoms with van der Waals surface area (Å²) >= 11 is 0. The Morgan fingerprint density at radius 3 is 3.11 bits per heavy atom. The first-order chi connectivity index (χ1) is 8.74. The second-order valence-corrected chi connectivity index (χ2v) is 4.52. The van der Waals surface area contributed by atoms with Gasteiger partial charge in [-0.1, -0.05) is 6.07 Å². The van der Waals surface area contributed by atoms with Gasteiger partial charge in [-0.15, -0.1) is 0 Å². The second kappa shape index (κ2) is 6.26. The van der Waals surface area contributed by atoms with E-state index in [-0.39, 0.29) is 6.03 Å². The van der Waals surface area contributed by atoms with Crippen LogP contribution in [0.2, 0.25) is 0 Å². The molecule has 18 heavy (non-hydrogen) atoms. The molecule has 1 aliphatic heterocycles. The minimum absolute atomic E-state index is 0.195. The Labute approximate surface area is 107 Å². The second-order valence-electron chi connectivity index (χ2n) is 4.52. The highest BCUT2D eigenvalue weighted by Crippen LogP contribution is 2.15. The van der Waals surface area contributed by atoms with Crippen LogP contribution in [0.15, 0.2) is 24.3 Å². The zero-order chi connectivity index (χ0) is 12.8. The van der Waals surface area contributed by atoms with Crippen molar-refractivity contribution in [3.8, 4) is 0 Å². The molecule has 2 amide bonds. The normalized spacial score (nSPS) is 18.6. The van der Waals surface area contributed by atoms with Crippen LogP contribution in [0.1, 0.15) is 12.8 Å². The van der Waals surface area contributed by atoms with Gasteiger partial charge in [-0.25, -0.2) is 4.79 Å². The van der Waals surface area contributed by atoms with E-state index in [0.29, 0.717) is 23.8 Å². The average Bonchev–Trinajstić information content (AvgIpc) is 2.82. The molecule has 0 aliphatic carbocycles. The molecule has 5 nitrogen and oxygen atoms in total. The van der Waals surface area contributed by atoms with E-state index in [0.717, 1.165) is 26.1 Å². The quantitative estimate of drug-likeness (QED) is 0.712. The molecule has 1 heterocycles. The number of nitrogens with two attached hydrogens (primary N) is 1. The molecule has 1 fully saturated rings. The lowest BCUT2D eigenvalue weighted by Gasteiger charge is -2.10. The lowest BCUT2D eigenvalue weighted by atomic mass is 10.1. The Morgan fingerprint density at radius 2 is 2.39 bits per heavy atom. The molecule has 98 valence electrons. The van der Waals surface area contributed by atoms with Crippen LogP contribution in [0.25, 0.3) is 0 Å². The van der Waals surface area contributed by atoms with Gasteiger partial charge in [0.25, 0.3) is 0 Å². The van der Waals surface area contributed by atoms with Gasteiger partial charge in [0.15, 0.2) is 0 Å². The number of hydrogen-bond donors (Lipinski definition) is 3. The maximum atomic E-state index is 11.6. The Hall–Kier alpha value is -1.75. The summed E-state index contributed by atoms with van der Waals surface area (Å²) in [6.07, 6.45) is 2.06. The maximum Gasteiger partial charge on any atom is 0.319 e. The fraction of sp³-hybridized carbons (Fsp3) is 0.462. The summed E-state index contributed by atoms with van der Waals surface area (Å²) in [4.78, 5) is 11.6. The molecule has 0 bridgehead atoms. The Bertz CT molecular complexity index is 403. The molecule has 1 saturated heterocycles. The number of nitrogen functional groups attached to an aromatic ring is 1. The number of hydrogen-bond acceptors (Lipinski definition) is 3. The van der Waals surface area contributed by atoms with Gasteiger partial charge in [-0.3, -0.25) is 0 Å². The number of nitrogens with one attached hydrogen (secondary N) is 2. The third-order valence-corrected chi connectivity index (χ3v) is 3.01. The minimum Gasteiger partial charge on any atom is -0.399 e. The maximum absolute atomic E-state index is 11.6. The van der Waals surface area contributed by atoms with Crippen molar-refractivity contribution in [2.75, 3.05) is 30.8 Å². The third kappa shape index (κ3) is 3.92. The number of rotatable bonds is 4. The summed E-state index contributed by atoms with van der Waals surface area (Å²) in [7, 11) is 0. The van der Waals surface area contributed by atoms with Crippen LogP contribution in [0.3, 0.4) is 0 Å². The Kier molecular flexibility index (Phi) is 4.41. The molecule has 1 atom stereocenters. The van der Waals surface area contributed by atoms with Crippen molar-refractivity contribution in [2.24, 2.45) is 5.92 Å². The minimum atomic E-state index is -0.195. The number of ether oxygens (including phenoxy) is 1. The van der Waals surface area contributed by atoms with Crippen LogP contribution in [-0.2, 0) is 4.74 Å². The van der Waals surface area contributed by atoms with Gasteiger partial charge in [0, 0.05) is 31.1 Å². The van der Waals surface area contributed by atoms with E-state index in [1.54, 1.807) is 24.3 Å². The van der Waals surface area contributed by atoms with E-state index in [2.05, 4.69) is 10.6 Å². The van der Waals surface area contributed by atoms with E-state index >= 15 is 0 Å². The van der Waals surface area contributed by atoms with Crippen molar-refractivity contribution in [2.45, 2.75) is 12.8 Å². The van der Waals surface area contributed by atoms with E-state index < -0.39 is 0 Å². The Balaban J connectivity index is 1.68. The fourth-order valence-corrected chi connectivity index (χ4v) is 1.99. The molecule has 0 radical (unpaired) electrons. The molecule has 0 aromatic heterocycles. The summed E-state index contributed by atoms with van der Waals surface area (Å²) < 4.78 is 5.28. The van der Waals surface area contributed by atoms with Crippen molar-refractivity contribution in [3.05, 3.63) is 24.3 Å². The van der Waals surface area contributed by atoms with E-state index in [9.17, 15) is 4.79 Å². The SMILES string of the molecule is Nc1cccc(NC(=O)NCCC2CCOC2)c1. The van der Waals surface area contributed by atoms with Crippen LogP contribution in [0, 0.1) is 5.92 Å². The first-order valence-electron chi connectivity index (χ1n) is 6.22. The van der Waals surface area contributed by atoms with Gasteiger partial charge >= 0.3 is 6.03 Å². The zero-order valence-electron chi connectivity index (χ0n) is 10.3. The molecule has 1 unspecified atom stereocenters. The van der Waals surface area contributed by atoms with Crippen LogP contribution >= 0.6 is 0 Å². The van der Waals surface area contributed by atoms with Gasteiger partial charge in [-0.2, -0.15) is 0 Å². The van der Waals surface area contributed by atoms with Crippen molar-refractivity contribution in [1.82, 2.24) is 5.32 Å². The number of urea groups is 1. The predicted octanol–water partition coefficient (Wildman–Crippen LogP) is 1.82. The molecule has 0 saturated carbocycles. The molecular formula is C13H19N3O2. The predicted molar refractivity (Wildman–Crippen MR) is 71.4 cm³/mol. The largest absolute Gasteiger partial charge is 0.399 e. The first kappa shape index (κ1) is 12.7. The van der Waals surface area contributed by atoms with Crippen molar-refractivity contribution < 1.29 is 9.53 Å². The fourth-order valence-electron chi connectivity index (χ4n) is 1.99. The van der Waals surface area contributed by atoms with E-state index in [1.807, 2.05) is 0 Å². The van der Waals surface area contributed by atoms with E-state index in [4.69, 9.17) is 10.5 Å². The number of amides is 2. The molecule has 4 N–H and O–H groups in total. The number of benzene rings is 1. The monoisotopic (exact) mass is 249 g/mol. The molecule has 1 aliphatic rings. The zero-order valence-corrected chi connectivity index (χ0v) is 10.3. The van der Waals surface area contributed by atoms with Gasteiger partial charge in [0.2, 0.25) is 0 Å². The van der Waals surface area contributed by atoms with Crippen LogP contribution < -0.4 is 16.4 Å². The first-order valence-corrected chi connectivity index (χ1v) is 6.22. The topological polar surface area (TPSA) is 76.4 Å². The highest BCUT2D eigenvalue weighted by atomic mass is 16.5. The summed E-state index contributed by atoms with van der Waals surface area (Å²) in [5.41, 5.74) is 6.97. The molecular weight excluding hydrogens is 230 g/mol. The molecule has 2 rings (SSSR count). The molecule has 5 heteroatoms. The smallest absolute Gasteiger partial charge is 0.319 e. The van der Waals surface area contributed by atoms with Crippen molar-refractivity contribution in [1.29, 1.82) is 0 Å². The summed E-state index contributed by atoms with van der Waals surface area (Å²) in [5.74, 6) is 0.581. The average molecular weight is 249 g/mol. The molecule has 1 aromatic rings. The summed E-state index contributed by atoms with van der Waals surface area (Å²) in [5, 5.41) is 5.58. The number of anilines is 2. The Morgan fingerprint density at radius 1 is 1.50 bits per heavy atom. The van der Waals surface area contributed by atoms with E-state index in [1.165, 1.54) is 0 Å². The molecule has 0 spiro atoms. The highest BCUT2D eigenvalue weighted by molar-refractivity contribution is 5.89. The lowest BCUT2D eigenvalue weighted by molar-refractivity contribution is 0.184. The lowest BCUT2D eigenvalue weighted by Crippen LogP contribution is -2.30. The summed E-state index contributed by atoms with van der Waals surface area (Å²) in [6, 6.07) is 6.93. The van der Waals surface area contributed by atoms with Crippen molar-refractivity contribution in [3.63, 3.8) is 0 Å². The van der Waals surface area contributed by atoms with Crippen LogP contribution in [-0.4, -0.2) is 25.8 Å². The van der Waals surface area contributed by atoms with Gasteiger partial charge in [-0.05, 0) is 37.0 Å². The van der Waals surface area contributed by atoms with Gasteiger partial charge < -0.3 is 21.1 Å². The standard InChI is InChI=1S/C13H19N3O2/c14-11-2-1-3-12(8-11)16-13(17)15-6-4-10-5-7-18-9-10/h1-3,8,10H,4-7,9,14H2,(H2,15,16,17). The summed E-state index contributed by atoms with van der Waals surface area (Å²) in [6.45, 7) is 2.33. The molecule has 1 aromatic carbocycles.